The van der Waals surface area contributed by atoms with Crippen molar-refractivity contribution in [1.29, 1.82) is 5.26 Å². The van der Waals surface area contributed by atoms with E-state index in [9.17, 15) is 18.5 Å². The highest BCUT2D eigenvalue weighted by atomic mass is 32.2. The second kappa shape index (κ2) is 9.16. The summed E-state index contributed by atoms with van der Waals surface area (Å²) in [5.41, 5.74) is 2.61. The van der Waals surface area contributed by atoms with E-state index < -0.39 is 15.3 Å². The number of carbonyl (C=O) groups excluding carboxylic acids is 1. The summed E-state index contributed by atoms with van der Waals surface area (Å²) in [4.78, 5) is 17.2. The largest absolute Gasteiger partial charge is 0.325 e. The van der Waals surface area contributed by atoms with Gasteiger partial charge in [-0.1, -0.05) is 11.8 Å². The lowest BCUT2D eigenvalue weighted by atomic mass is 10.1. The maximum absolute atomic E-state index is 12.6. The van der Waals surface area contributed by atoms with Gasteiger partial charge in [0.2, 0.25) is 15.9 Å². The summed E-state index contributed by atoms with van der Waals surface area (Å²) in [6, 6.07) is 10.2. The van der Waals surface area contributed by atoms with Crippen molar-refractivity contribution in [2.45, 2.75) is 48.8 Å². The number of aryl methyl sites for hydroxylation is 2. The van der Waals surface area contributed by atoms with E-state index in [1.54, 1.807) is 19.1 Å². The molecule has 1 N–H and O–H groups in total. The van der Waals surface area contributed by atoms with Gasteiger partial charge < -0.3 is 5.32 Å². The second-order valence-corrected chi connectivity index (χ2v) is 10.5. The number of thioether (sulfide) groups is 1. The van der Waals surface area contributed by atoms with Gasteiger partial charge in [-0.25, -0.2) is 13.4 Å². The van der Waals surface area contributed by atoms with Crippen LogP contribution in [0, 0.1) is 25.2 Å². The number of aromatic nitrogens is 1. The summed E-state index contributed by atoms with van der Waals surface area (Å²) in [5, 5.41) is 12.2. The zero-order valence-corrected chi connectivity index (χ0v) is 18.8. The van der Waals surface area contributed by atoms with Gasteiger partial charge in [0.25, 0.3) is 0 Å². The highest BCUT2D eigenvalue weighted by Crippen LogP contribution is 2.28. The van der Waals surface area contributed by atoms with E-state index in [-0.39, 0.29) is 10.8 Å². The van der Waals surface area contributed by atoms with Crippen molar-refractivity contribution < 1.29 is 13.2 Å². The number of nitrogens with zero attached hydrogens (tertiary/aromatic N) is 3. The van der Waals surface area contributed by atoms with Gasteiger partial charge in [0.15, 0.2) is 0 Å². The van der Waals surface area contributed by atoms with Gasteiger partial charge in [-0.05, 0) is 69.5 Å². The molecule has 1 aliphatic rings. The number of sulfonamides is 1. The van der Waals surface area contributed by atoms with Crippen molar-refractivity contribution in [2.24, 2.45) is 0 Å². The van der Waals surface area contributed by atoms with Crippen LogP contribution >= 0.6 is 11.8 Å². The third-order valence-corrected chi connectivity index (χ3v) is 7.90. The molecule has 0 radical (unpaired) electrons. The average molecular weight is 445 g/mol. The Morgan fingerprint density at radius 2 is 1.87 bits per heavy atom. The monoisotopic (exact) mass is 444 g/mol. The summed E-state index contributed by atoms with van der Waals surface area (Å²) in [6.07, 6.45) is 1.76. The molecular weight excluding hydrogens is 420 g/mol. The van der Waals surface area contributed by atoms with Crippen LogP contribution < -0.4 is 5.32 Å². The molecule has 1 amide bonds. The molecule has 7 nitrogen and oxygen atoms in total. The molecule has 0 spiro atoms. The number of pyridine rings is 1. The van der Waals surface area contributed by atoms with Gasteiger partial charge in [0.1, 0.15) is 11.1 Å². The normalized spacial score (nSPS) is 15.5. The van der Waals surface area contributed by atoms with Gasteiger partial charge in [-0.3, -0.25) is 4.79 Å². The summed E-state index contributed by atoms with van der Waals surface area (Å²) in [7, 11) is -3.48. The average Bonchev–Trinajstić information content (AvgIpc) is 3.24. The van der Waals surface area contributed by atoms with Crippen LogP contribution in [0.5, 0.6) is 0 Å². The number of amides is 1. The van der Waals surface area contributed by atoms with Crippen LogP contribution in [0.4, 0.5) is 5.69 Å². The Hall–Kier alpha value is -2.41. The molecule has 0 saturated carbocycles. The van der Waals surface area contributed by atoms with Crippen LogP contribution in [0.15, 0.2) is 40.3 Å². The number of rotatable bonds is 6. The molecule has 1 atom stereocenters. The van der Waals surface area contributed by atoms with E-state index in [4.69, 9.17) is 0 Å². The van der Waals surface area contributed by atoms with Crippen LogP contribution in [0.3, 0.4) is 0 Å². The molecule has 3 rings (SSSR count). The predicted molar refractivity (Wildman–Crippen MR) is 117 cm³/mol. The van der Waals surface area contributed by atoms with Gasteiger partial charge in [-0.2, -0.15) is 9.57 Å². The Morgan fingerprint density at radius 3 is 2.47 bits per heavy atom. The molecule has 0 bridgehead atoms. The zero-order valence-electron chi connectivity index (χ0n) is 17.2. The van der Waals surface area contributed by atoms with Gasteiger partial charge in [-0.15, -0.1) is 0 Å². The minimum absolute atomic E-state index is 0.225. The molecule has 0 aliphatic carbocycles. The van der Waals surface area contributed by atoms with Gasteiger partial charge in [0, 0.05) is 24.5 Å². The minimum Gasteiger partial charge on any atom is -0.325 e. The number of nitriles is 1. The van der Waals surface area contributed by atoms with Crippen molar-refractivity contribution in [2.75, 3.05) is 18.4 Å². The van der Waals surface area contributed by atoms with Crippen molar-refractivity contribution in [3.05, 3.63) is 47.2 Å². The molecule has 158 valence electrons. The lowest BCUT2D eigenvalue weighted by Gasteiger charge is -2.16. The van der Waals surface area contributed by atoms with Gasteiger partial charge >= 0.3 is 0 Å². The lowest BCUT2D eigenvalue weighted by Crippen LogP contribution is -2.27. The van der Waals surface area contributed by atoms with E-state index in [2.05, 4.69) is 16.4 Å². The van der Waals surface area contributed by atoms with E-state index in [1.165, 1.54) is 28.2 Å². The Kier molecular flexibility index (Phi) is 6.81. The third-order valence-electron chi connectivity index (χ3n) is 4.91. The molecule has 1 aliphatic heterocycles. The maximum atomic E-state index is 12.6. The van der Waals surface area contributed by atoms with E-state index in [1.807, 2.05) is 19.9 Å². The number of benzene rings is 1. The van der Waals surface area contributed by atoms with Crippen LogP contribution in [0.2, 0.25) is 0 Å². The van der Waals surface area contributed by atoms with E-state index in [0.29, 0.717) is 29.4 Å². The van der Waals surface area contributed by atoms with E-state index in [0.717, 1.165) is 24.1 Å². The number of hydrogen-bond acceptors (Lipinski definition) is 6. The molecule has 30 heavy (non-hydrogen) atoms. The molecule has 2 heterocycles. The molecule has 1 aromatic carbocycles. The summed E-state index contributed by atoms with van der Waals surface area (Å²) >= 11 is 1.23. The minimum atomic E-state index is -3.48. The Labute approximate surface area is 181 Å². The fourth-order valence-electron chi connectivity index (χ4n) is 3.28. The second-order valence-electron chi connectivity index (χ2n) is 7.26. The fourth-order valence-corrected chi connectivity index (χ4v) is 5.82. The summed E-state index contributed by atoms with van der Waals surface area (Å²) < 4.78 is 26.7. The van der Waals surface area contributed by atoms with Crippen molar-refractivity contribution >= 4 is 33.4 Å². The fraction of sp³-hybridized carbons (Fsp3) is 0.381. The van der Waals surface area contributed by atoms with Crippen LogP contribution in [0.1, 0.15) is 36.6 Å². The van der Waals surface area contributed by atoms with Crippen molar-refractivity contribution in [3.8, 4) is 6.07 Å². The number of nitrogens with one attached hydrogen (secondary N) is 1. The SMILES string of the molecule is Cc1cc(C)c(C#N)c(S[C@@H](C)C(=O)Nc2ccc(S(=O)(=O)N3CCCC3)cc2)n1. The first-order chi connectivity index (χ1) is 14.2. The Bertz CT molecular complexity index is 1090. The first-order valence-corrected chi connectivity index (χ1v) is 12.0. The molecule has 0 unspecified atom stereocenters. The smallest absolute Gasteiger partial charge is 0.243 e. The van der Waals surface area contributed by atoms with Crippen LogP contribution in [0.25, 0.3) is 0 Å². The van der Waals surface area contributed by atoms with Crippen molar-refractivity contribution in [1.82, 2.24) is 9.29 Å². The highest BCUT2D eigenvalue weighted by molar-refractivity contribution is 8.00. The summed E-state index contributed by atoms with van der Waals surface area (Å²) in [5.74, 6) is -0.250. The quantitative estimate of drug-likeness (QED) is 0.684. The van der Waals surface area contributed by atoms with Crippen molar-refractivity contribution in [3.63, 3.8) is 0 Å². The number of hydrogen-bond donors (Lipinski definition) is 1. The molecule has 2 aromatic rings. The molecular formula is C21H24N4O3S2. The molecule has 1 fully saturated rings. The lowest BCUT2D eigenvalue weighted by molar-refractivity contribution is -0.115. The Balaban J connectivity index is 1.68. The zero-order chi connectivity index (χ0) is 21.9. The van der Waals surface area contributed by atoms with Crippen LogP contribution in [-0.4, -0.2) is 42.0 Å². The number of anilines is 1. The third kappa shape index (κ3) is 4.83. The van der Waals surface area contributed by atoms with Gasteiger partial charge in [0.05, 0.1) is 15.7 Å². The Morgan fingerprint density at radius 1 is 1.23 bits per heavy atom. The molecule has 1 saturated heterocycles. The topological polar surface area (TPSA) is 103 Å². The number of carbonyl (C=O) groups is 1. The first kappa shape index (κ1) is 22.3. The highest BCUT2D eigenvalue weighted by Gasteiger charge is 2.27. The molecule has 1 aromatic heterocycles. The van der Waals surface area contributed by atoms with E-state index >= 15 is 0 Å². The standard InChI is InChI=1S/C21H24N4O3S2/c1-14-12-15(2)23-21(19(14)13-22)29-16(3)20(26)24-17-6-8-18(9-7-17)30(27,28)25-10-4-5-11-25/h6-9,12,16H,4-5,10-11H2,1-3H3,(H,24,26)/t16-/m0/s1. The maximum Gasteiger partial charge on any atom is 0.243 e. The first-order valence-electron chi connectivity index (χ1n) is 9.68. The predicted octanol–water partition coefficient (Wildman–Crippen LogP) is 3.47. The summed E-state index contributed by atoms with van der Waals surface area (Å²) in [6.45, 7) is 6.53. The molecule has 9 heteroatoms. The van der Waals surface area contributed by atoms with Crippen LogP contribution in [-0.2, 0) is 14.8 Å².